The first-order chi connectivity index (χ1) is 4.13. The zero-order valence-electron chi connectivity index (χ0n) is 5.83. The summed E-state index contributed by atoms with van der Waals surface area (Å²) in [6.07, 6.45) is 0.0866. The molecule has 0 rings (SSSR count). The van der Waals surface area contributed by atoms with Gasteiger partial charge in [0.15, 0.2) is 0 Å². The number of carbonyl (C=O) groups is 2. The Morgan fingerprint density at radius 1 is 1.00 bits per heavy atom. The molecule has 53 valence electrons. The van der Waals surface area contributed by atoms with Crippen molar-refractivity contribution in [2.45, 2.75) is 19.3 Å². The molecule has 0 unspecified atom stereocenters. The Morgan fingerprint density at radius 3 is 1.50 bits per heavy atom. The van der Waals surface area contributed by atoms with Crippen LogP contribution in [0, 0.1) is 0 Å². The average Bonchev–Trinajstić information content (AvgIpc) is 1.63. The standard InChI is InChI=1S/C5H8O4.Li/c6-4(7)2-1-3-5(8)9;/h1-3H2,(H,6,7)(H,8,9);. The maximum Gasteiger partial charge on any atom is 0.303 e. The molecule has 2 N–H and O–H groups in total. The summed E-state index contributed by atoms with van der Waals surface area (Å²) in [6.45, 7) is 0. The molecule has 0 aliphatic heterocycles. The molecule has 0 heterocycles. The Bertz CT molecular complexity index is 109. The van der Waals surface area contributed by atoms with E-state index in [4.69, 9.17) is 10.2 Å². The first-order valence-corrected chi connectivity index (χ1v) is 2.56. The van der Waals surface area contributed by atoms with Crippen LogP contribution in [0.3, 0.4) is 0 Å². The Kier molecular flexibility index (Phi) is 8.14. The molecule has 0 aromatic heterocycles. The molecule has 0 saturated carbocycles. The Hall–Kier alpha value is -0.463. The first kappa shape index (κ1) is 12.2. The quantitative estimate of drug-likeness (QED) is 0.535. The van der Waals surface area contributed by atoms with E-state index < -0.39 is 11.9 Å². The van der Waals surface area contributed by atoms with Crippen molar-refractivity contribution in [1.29, 1.82) is 0 Å². The molecule has 0 fully saturated rings. The van der Waals surface area contributed by atoms with Gasteiger partial charge in [0.05, 0.1) is 0 Å². The van der Waals surface area contributed by atoms with Gasteiger partial charge in [-0.3, -0.25) is 9.59 Å². The Balaban J connectivity index is 0. The van der Waals surface area contributed by atoms with E-state index in [1.807, 2.05) is 0 Å². The van der Waals surface area contributed by atoms with Crippen molar-refractivity contribution in [3.05, 3.63) is 0 Å². The van der Waals surface area contributed by atoms with Gasteiger partial charge < -0.3 is 10.2 Å². The summed E-state index contributed by atoms with van der Waals surface area (Å²) < 4.78 is 0. The molecule has 0 aliphatic carbocycles. The molecule has 0 bridgehead atoms. The van der Waals surface area contributed by atoms with Crippen LogP contribution in [0.2, 0.25) is 0 Å². The minimum absolute atomic E-state index is 0. The van der Waals surface area contributed by atoms with Crippen LogP contribution in [0.1, 0.15) is 19.3 Å². The van der Waals surface area contributed by atoms with Crippen molar-refractivity contribution < 1.29 is 19.8 Å². The van der Waals surface area contributed by atoms with Crippen LogP contribution in [-0.2, 0) is 9.59 Å². The second-order valence-electron chi connectivity index (χ2n) is 1.64. The van der Waals surface area contributed by atoms with Gasteiger partial charge >= 0.3 is 11.9 Å². The van der Waals surface area contributed by atoms with Crippen LogP contribution in [0.4, 0.5) is 0 Å². The number of rotatable bonds is 4. The van der Waals surface area contributed by atoms with Crippen molar-refractivity contribution >= 4 is 30.8 Å². The average molecular weight is 139 g/mol. The fourth-order valence-corrected chi connectivity index (χ4v) is 0.391. The predicted octanol–water partition coefficient (Wildman–Crippen LogP) is -0.0549. The molecular formula is C5H8LiO4. The topological polar surface area (TPSA) is 74.6 Å². The summed E-state index contributed by atoms with van der Waals surface area (Å²) in [5.74, 6) is -1.90. The predicted molar refractivity (Wildman–Crippen MR) is 34.9 cm³/mol. The summed E-state index contributed by atoms with van der Waals surface area (Å²) in [5, 5.41) is 16.1. The molecule has 4 nitrogen and oxygen atoms in total. The van der Waals surface area contributed by atoms with Crippen LogP contribution < -0.4 is 0 Å². The van der Waals surface area contributed by atoms with Crippen molar-refractivity contribution in [1.82, 2.24) is 0 Å². The number of hydrogen-bond acceptors (Lipinski definition) is 2. The van der Waals surface area contributed by atoms with Crippen molar-refractivity contribution in [3.63, 3.8) is 0 Å². The molecule has 0 spiro atoms. The van der Waals surface area contributed by atoms with Crippen LogP contribution >= 0.6 is 0 Å². The van der Waals surface area contributed by atoms with Gasteiger partial charge in [-0.25, -0.2) is 0 Å². The summed E-state index contributed by atoms with van der Waals surface area (Å²) >= 11 is 0. The smallest absolute Gasteiger partial charge is 0.303 e. The van der Waals surface area contributed by atoms with E-state index >= 15 is 0 Å². The minimum Gasteiger partial charge on any atom is -0.481 e. The van der Waals surface area contributed by atoms with Crippen LogP contribution in [0.5, 0.6) is 0 Å². The molecule has 10 heavy (non-hydrogen) atoms. The molecule has 0 aliphatic rings. The van der Waals surface area contributed by atoms with Gasteiger partial charge in [0, 0.05) is 31.7 Å². The van der Waals surface area contributed by atoms with Gasteiger partial charge in [-0.2, -0.15) is 0 Å². The summed E-state index contributed by atoms with van der Waals surface area (Å²) in [7, 11) is 0. The summed E-state index contributed by atoms with van der Waals surface area (Å²) in [6, 6.07) is 0. The van der Waals surface area contributed by atoms with Gasteiger partial charge in [0.1, 0.15) is 0 Å². The van der Waals surface area contributed by atoms with Gasteiger partial charge in [0.2, 0.25) is 0 Å². The minimum atomic E-state index is -0.948. The van der Waals surface area contributed by atoms with Gasteiger partial charge in [-0.1, -0.05) is 0 Å². The second kappa shape index (κ2) is 6.65. The maximum absolute atomic E-state index is 9.79. The molecular weight excluding hydrogens is 131 g/mol. The van der Waals surface area contributed by atoms with E-state index in [2.05, 4.69) is 0 Å². The van der Waals surface area contributed by atoms with E-state index in [0.717, 1.165) is 0 Å². The largest absolute Gasteiger partial charge is 0.481 e. The van der Waals surface area contributed by atoms with E-state index in [9.17, 15) is 9.59 Å². The Labute approximate surface area is 70.4 Å². The SMILES string of the molecule is O=C(O)CCCC(=O)O.[Li]. The molecule has 5 heteroatoms. The molecule has 0 amide bonds. The van der Waals surface area contributed by atoms with E-state index in [1.165, 1.54) is 0 Å². The number of hydrogen-bond donors (Lipinski definition) is 2. The maximum atomic E-state index is 9.79. The first-order valence-electron chi connectivity index (χ1n) is 2.56. The van der Waals surface area contributed by atoms with E-state index in [-0.39, 0.29) is 38.1 Å². The Morgan fingerprint density at radius 2 is 1.30 bits per heavy atom. The fraction of sp³-hybridized carbons (Fsp3) is 0.600. The summed E-state index contributed by atoms with van der Waals surface area (Å²) in [5.41, 5.74) is 0. The molecule has 0 aromatic carbocycles. The van der Waals surface area contributed by atoms with Gasteiger partial charge in [0.25, 0.3) is 0 Å². The van der Waals surface area contributed by atoms with Crippen molar-refractivity contribution in [3.8, 4) is 0 Å². The van der Waals surface area contributed by atoms with Gasteiger partial charge in [-0.15, -0.1) is 0 Å². The van der Waals surface area contributed by atoms with Crippen molar-refractivity contribution in [2.24, 2.45) is 0 Å². The molecule has 1 radical (unpaired) electrons. The second-order valence-corrected chi connectivity index (χ2v) is 1.64. The number of carboxylic acids is 2. The van der Waals surface area contributed by atoms with Crippen LogP contribution in [0.15, 0.2) is 0 Å². The molecule has 0 atom stereocenters. The summed E-state index contributed by atoms with van der Waals surface area (Å²) in [4.78, 5) is 19.6. The third kappa shape index (κ3) is 10.5. The van der Waals surface area contributed by atoms with E-state index in [0.29, 0.717) is 0 Å². The van der Waals surface area contributed by atoms with Crippen LogP contribution in [-0.4, -0.2) is 41.0 Å². The monoisotopic (exact) mass is 139 g/mol. The third-order valence-electron chi connectivity index (χ3n) is 0.781. The number of aliphatic carboxylic acids is 2. The van der Waals surface area contributed by atoms with Gasteiger partial charge in [-0.05, 0) is 6.42 Å². The van der Waals surface area contributed by atoms with Crippen molar-refractivity contribution in [2.75, 3.05) is 0 Å². The molecule has 0 saturated heterocycles. The van der Waals surface area contributed by atoms with Crippen LogP contribution in [0.25, 0.3) is 0 Å². The zero-order chi connectivity index (χ0) is 7.28. The third-order valence-corrected chi connectivity index (χ3v) is 0.781. The number of carboxylic acid groups (broad SMARTS) is 2. The van der Waals surface area contributed by atoms with E-state index in [1.54, 1.807) is 0 Å². The zero-order valence-corrected chi connectivity index (χ0v) is 5.83. The normalized spacial score (nSPS) is 8.00. The fourth-order valence-electron chi connectivity index (χ4n) is 0.391. The molecule has 0 aromatic rings.